The van der Waals surface area contributed by atoms with Crippen molar-refractivity contribution in [2.24, 2.45) is 5.73 Å². The molecule has 0 heterocycles. The number of nitrogens with two attached hydrogens (primary N) is 1. The first-order valence-electron chi connectivity index (χ1n) is 6.73. The molecule has 3 nitrogen and oxygen atoms in total. The van der Waals surface area contributed by atoms with Crippen molar-refractivity contribution in [3.05, 3.63) is 29.8 Å². The minimum atomic E-state index is 0.210. The van der Waals surface area contributed by atoms with E-state index < -0.39 is 0 Å². The van der Waals surface area contributed by atoms with Gasteiger partial charge in [0.25, 0.3) is 0 Å². The van der Waals surface area contributed by atoms with Gasteiger partial charge in [-0.25, -0.2) is 0 Å². The number of rotatable bonds is 8. The van der Waals surface area contributed by atoms with E-state index in [2.05, 4.69) is 43.0 Å². The van der Waals surface area contributed by atoms with E-state index in [9.17, 15) is 0 Å². The van der Waals surface area contributed by atoms with Gasteiger partial charge in [0.15, 0.2) is 0 Å². The number of hydrogen-bond donors (Lipinski definition) is 1. The second-order valence-corrected chi connectivity index (χ2v) is 4.77. The summed E-state index contributed by atoms with van der Waals surface area (Å²) in [5, 5.41) is 0. The van der Waals surface area contributed by atoms with Crippen molar-refractivity contribution in [1.29, 1.82) is 0 Å². The summed E-state index contributed by atoms with van der Waals surface area (Å²) in [6.45, 7) is 6.97. The Morgan fingerprint density at radius 2 is 1.94 bits per heavy atom. The maximum Gasteiger partial charge on any atom is 0.0462 e. The molecule has 3 heteroatoms. The van der Waals surface area contributed by atoms with Crippen LogP contribution in [0.5, 0.6) is 0 Å². The van der Waals surface area contributed by atoms with Crippen LogP contribution in [0, 0.1) is 6.92 Å². The second kappa shape index (κ2) is 8.11. The molecular weight excluding hydrogens is 224 g/mol. The van der Waals surface area contributed by atoms with Crippen LogP contribution in [-0.4, -0.2) is 32.8 Å². The fourth-order valence-corrected chi connectivity index (χ4v) is 2.04. The molecule has 0 aliphatic heterocycles. The molecule has 1 atom stereocenters. The summed E-state index contributed by atoms with van der Waals surface area (Å²) >= 11 is 0. The van der Waals surface area contributed by atoms with Crippen molar-refractivity contribution < 1.29 is 4.74 Å². The molecule has 102 valence electrons. The quantitative estimate of drug-likeness (QED) is 0.721. The van der Waals surface area contributed by atoms with Crippen molar-refractivity contribution in [1.82, 2.24) is 0 Å². The molecule has 0 fully saturated rings. The van der Waals surface area contributed by atoms with Gasteiger partial charge in [-0.1, -0.05) is 17.7 Å². The molecular formula is C15H26N2O. The van der Waals surface area contributed by atoms with Crippen LogP contribution in [0.1, 0.15) is 25.3 Å². The lowest BCUT2D eigenvalue weighted by molar-refractivity contribution is 0.190. The Labute approximate surface area is 111 Å². The minimum Gasteiger partial charge on any atom is -0.385 e. The number of hydrogen-bond acceptors (Lipinski definition) is 3. The lowest BCUT2D eigenvalue weighted by Crippen LogP contribution is -2.37. The van der Waals surface area contributed by atoms with Crippen LogP contribution in [0.2, 0.25) is 0 Å². The average Bonchev–Trinajstić information content (AvgIpc) is 2.37. The summed E-state index contributed by atoms with van der Waals surface area (Å²) in [4.78, 5) is 2.33. The summed E-state index contributed by atoms with van der Waals surface area (Å²) < 4.78 is 5.05. The lowest BCUT2D eigenvalue weighted by atomic mass is 10.1. The zero-order valence-electron chi connectivity index (χ0n) is 11.9. The molecule has 0 aliphatic rings. The summed E-state index contributed by atoms with van der Waals surface area (Å²) in [5.74, 6) is 0. The van der Waals surface area contributed by atoms with Crippen LogP contribution in [-0.2, 0) is 4.74 Å². The second-order valence-electron chi connectivity index (χ2n) is 4.77. The first-order chi connectivity index (χ1) is 8.67. The number of ether oxygens (including phenoxy) is 1. The Hall–Kier alpha value is -1.06. The lowest BCUT2D eigenvalue weighted by Gasteiger charge is -2.26. The smallest absolute Gasteiger partial charge is 0.0462 e. The molecule has 0 saturated carbocycles. The molecule has 1 rings (SSSR count). The Morgan fingerprint density at radius 3 is 2.50 bits per heavy atom. The van der Waals surface area contributed by atoms with E-state index in [4.69, 9.17) is 10.5 Å². The highest BCUT2D eigenvalue weighted by Crippen LogP contribution is 2.15. The minimum absolute atomic E-state index is 0.210. The number of aryl methyl sites for hydroxylation is 1. The Morgan fingerprint density at radius 1 is 1.28 bits per heavy atom. The van der Waals surface area contributed by atoms with Gasteiger partial charge in [0.1, 0.15) is 0 Å². The predicted octanol–water partition coefficient (Wildman–Crippen LogP) is 2.58. The molecule has 0 saturated heterocycles. The summed E-state index contributed by atoms with van der Waals surface area (Å²) in [7, 11) is 1.73. The molecule has 0 radical (unpaired) electrons. The maximum atomic E-state index is 6.16. The molecule has 1 aromatic carbocycles. The van der Waals surface area contributed by atoms with Gasteiger partial charge in [-0.2, -0.15) is 0 Å². The van der Waals surface area contributed by atoms with Crippen molar-refractivity contribution >= 4 is 5.69 Å². The van der Waals surface area contributed by atoms with Crippen LogP contribution < -0.4 is 10.6 Å². The summed E-state index contributed by atoms with van der Waals surface area (Å²) in [6, 6.07) is 8.84. The van der Waals surface area contributed by atoms with E-state index in [0.717, 1.165) is 32.5 Å². The van der Waals surface area contributed by atoms with E-state index in [1.165, 1.54) is 11.3 Å². The number of benzene rings is 1. The van der Waals surface area contributed by atoms with E-state index >= 15 is 0 Å². The van der Waals surface area contributed by atoms with E-state index in [1.807, 2.05) is 0 Å². The number of anilines is 1. The van der Waals surface area contributed by atoms with E-state index in [1.54, 1.807) is 7.11 Å². The molecule has 0 spiro atoms. The van der Waals surface area contributed by atoms with Gasteiger partial charge in [-0.15, -0.1) is 0 Å². The molecule has 0 aliphatic carbocycles. The fraction of sp³-hybridized carbons (Fsp3) is 0.600. The largest absolute Gasteiger partial charge is 0.385 e. The Kier molecular flexibility index (Phi) is 6.76. The van der Waals surface area contributed by atoms with E-state index in [0.29, 0.717) is 0 Å². The van der Waals surface area contributed by atoms with Crippen LogP contribution in [0.4, 0.5) is 5.69 Å². The van der Waals surface area contributed by atoms with Crippen molar-refractivity contribution in [3.8, 4) is 0 Å². The van der Waals surface area contributed by atoms with Crippen LogP contribution in [0.25, 0.3) is 0 Å². The third-order valence-corrected chi connectivity index (χ3v) is 3.16. The number of nitrogens with zero attached hydrogens (tertiary/aromatic N) is 1. The monoisotopic (exact) mass is 250 g/mol. The molecule has 0 aromatic heterocycles. The Balaban J connectivity index is 2.48. The van der Waals surface area contributed by atoms with Crippen LogP contribution in [0.3, 0.4) is 0 Å². The van der Waals surface area contributed by atoms with Gasteiger partial charge >= 0.3 is 0 Å². The zero-order valence-corrected chi connectivity index (χ0v) is 11.9. The van der Waals surface area contributed by atoms with Crippen molar-refractivity contribution in [2.75, 3.05) is 31.7 Å². The summed E-state index contributed by atoms with van der Waals surface area (Å²) in [6.07, 6.45) is 2.04. The van der Waals surface area contributed by atoms with Crippen molar-refractivity contribution in [3.63, 3.8) is 0 Å². The first kappa shape index (κ1) is 15.0. The van der Waals surface area contributed by atoms with Gasteiger partial charge in [-0.05, 0) is 38.8 Å². The third kappa shape index (κ3) is 5.07. The number of methoxy groups -OCH3 is 1. The van der Waals surface area contributed by atoms with Gasteiger partial charge in [0.05, 0.1) is 0 Å². The predicted molar refractivity (Wildman–Crippen MR) is 78.2 cm³/mol. The molecule has 0 amide bonds. The first-order valence-corrected chi connectivity index (χ1v) is 6.73. The highest BCUT2D eigenvalue weighted by molar-refractivity contribution is 5.47. The van der Waals surface area contributed by atoms with E-state index in [-0.39, 0.29) is 6.04 Å². The average molecular weight is 250 g/mol. The Bertz CT molecular complexity index is 324. The van der Waals surface area contributed by atoms with Gasteiger partial charge < -0.3 is 15.4 Å². The van der Waals surface area contributed by atoms with Crippen LogP contribution in [0.15, 0.2) is 24.3 Å². The fourth-order valence-electron chi connectivity index (χ4n) is 2.04. The topological polar surface area (TPSA) is 38.5 Å². The zero-order chi connectivity index (χ0) is 13.4. The van der Waals surface area contributed by atoms with Crippen molar-refractivity contribution in [2.45, 2.75) is 32.7 Å². The van der Waals surface area contributed by atoms with Gasteiger partial charge in [0.2, 0.25) is 0 Å². The highest BCUT2D eigenvalue weighted by Gasteiger charge is 2.09. The third-order valence-electron chi connectivity index (χ3n) is 3.16. The molecule has 1 unspecified atom stereocenters. The summed E-state index contributed by atoms with van der Waals surface area (Å²) in [5.41, 5.74) is 8.71. The highest BCUT2D eigenvalue weighted by atomic mass is 16.5. The molecule has 1 aromatic rings. The van der Waals surface area contributed by atoms with Crippen LogP contribution >= 0.6 is 0 Å². The standard InChI is InChI=1S/C15H26N2O/c1-4-17(12-14(16)6-5-11-18-3)15-9-7-13(2)8-10-15/h7-10,14H,4-6,11-12,16H2,1-3H3. The molecule has 0 bridgehead atoms. The van der Waals surface area contributed by atoms with Gasteiger partial charge in [0, 0.05) is 38.5 Å². The molecule has 2 N–H and O–H groups in total. The molecule has 18 heavy (non-hydrogen) atoms. The SMILES string of the molecule is CCN(CC(N)CCCOC)c1ccc(C)cc1. The maximum absolute atomic E-state index is 6.16. The van der Waals surface area contributed by atoms with Gasteiger partial charge in [-0.3, -0.25) is 0 Å². The normalized spacial score (nSPS) is 12.4. The number of likely N-dealkylation sites (N-methyl/N-ethyl adjacent to an activating group) is 1.